The molecule has 1 aromatic rings. The number of aliphatic carboxylic acids is 1. The van der Waals surface area contributed by atoms with E-state index in [-0.39, 0.29) is 0 Å². The minimum Gasteiger partial charge on any atom is -0.480 e. The fourth-order valence-electron chi connectivity index (χ4n) is 1.02. The first-order valence-corrected chi connectivity index (χ1v) is 4.28. The number of hydrogen-bond acceptors (Lipinski definition) is 2. The third-order valence-corrected chi connectivity index (χ3v) is 1.95. The minimum atomic E-state index is -4.68. The molecule has 0 radical (unpaired) electrons. The van der Waals surface area contributed by atoms with Crippen LogP contribution >= 0.6 is 11.6 Å². The van der Waals surface area contributed by atoms with Crippen LogP contribution in [-0.2, 0) is 17.5 Å². The number of alkyl halides is 3. The van der Waals surface area contributed by atoms with E-state index < -0.39 is 34.8 Å². The zero-order valence-electron chi connectivity index (χ0n) is 7.58. The zero-order chi connectivity index (χ0) is 12.5. The average Bonchev–Trinajstić information content (AvgIpc) is 2.10. The summed E-state index contributed by atoms with van der Waals surface area (Å²) in [6.45, 7) is -0.873. The second kappa shape index (κ2) is 4.17. The number of hydrogen-bond donors (Lipinski definition) is 1. The first-order valence-electron chi connectivity index (χ1n) is 3.91. The third kappa shape index (κ3) is 2.75. The molecule has 88 valence electrons. The molecule has 0 aliphatic carbocycles. The summed E-state index contributed by atoms with van der Waals surface area (Å²) >= 11 is 5.28. The predicted molar refractivity (Wildman–Crippen MR) is 48.3 cm³/mol. The number of nitrogens with zero attached hydrogens (tertiary/aromatic N) is 1. The highest BCUT2D eigenvalue weighted by Crippen LogP contribution is 2.29. The number of aromatic nitrogens is 1. The topological polar surface area (TPSA) is 59.3 Å². The molecule has 0 saturated carbocycles. The largest absolute Gasteiger partial charge is 0.480 e. The van der Waals surface area contributed by atoms with Crippen LogP contribution in [0.15, 0.2) is 17.1 Å². The van der Waals surface area contributed by atoms with Gasteiger partial charge in [0.25, 0.3) is 5.56 Å². The van der Waals surface area contributed by atoms with Crippen LogP contribution in [0.1, 0.15) is 5.56 Å². The van der Waals surface area contributed by atoms with Gasteiger partial charge in [0, 0.05) is 6.20 Å². The van der Waals surface area contributed by atoms with Gasteiger partial charge in [0.15, 0.2) is 0 Å². The number of rotatable bonds is 2. The van der Waals surface area contributed by atoms with Crippen LogP contribution in [0.2, 0.25) is 5.02 Å². The summed E-state index contributed by atoms with van der Waals surface area (Å²) in [6, 6.07) is 0.461. The first-order chi connectivity index (χ1) is 7.21. The summed E-state index contributed by atoms with van der Waals surface area (Å²) in [5.74, 6) is -1.43. The molecule has 0 aromatic carbocycles. The van der Waals surface area contributed by atoms with Crippen LogP contribution in [0.4, 0.5) is 13.2 Å². The van der Waals surface area contributed by atoms with Gasteiger partial charge in [-0.15, -0.1) is 0 Å². The molecular weight excluding hydrogens is 251 g/mol. The van der Waals surface area contributed by atoms with Gasteiger partial charge in [-0.1, -0.05) is 11.6 Å². The number of carboxylic acid groups (broad SMARTS) is 1. The lowest BCUT2D eigenvalue weighted by Crippen LogP contribution is -2.26. The second-order valence-electron chi connectivity index (χ2n) is 2.90. The molecule has 0 spiro atoms. The highest BCUT2D eigenvalue weighted by molar-refractivity contribution is 6.30. The molecule has 1 N–H and O–H groups in total. The van der Waals surface area contributed by atoms with Crippen LogP contribution < -0.4 is 5.56 Å². The molecule has 0 bridgehead atoms. The Kier molecular flexibility index (Phi) is 3.27. The molecule has 1 heterocycles. The van der Waals surface area contributed by atoms with Gasteiger partial charge >= 0.3 is 12.1 Å². The first kappa shape index (κ1) is 12.6. The number of pyridine rings is 1. The standard InChI is InChI=1S/C8H5ClF3NO3/c9-5-1-4(8(10,11)12)2-13(7(5)16)3-6(14)15/h1-2H,3H2,(H,14,15). The van der Waals surface area contributed by atoms with E-state index in [0.717, 1.165) is 0 Å². The zero-order valence-corrected chi connectivity index (χ0v) is 8.34. The Balaban J connectivity index is 3.33. The summed E-state index contributed by atoms with van der Waals surface area (Å²) < 4.78 is 37.3. The van der Waals surface area contributed by atoms with Crippen molar-refractivity contribution in [3.8, 4) is 0 Å². The molecule has 0 aliphatic rings. The van der Waals surface area contributed by atoms with Crippen molar-refractivity contribution in [2.75, 3.05) is 0 Å². The molecule has 1 aromatic heterocycles. The van der Waals surface area contributed by atoms with Gasteiger partial charge in [-0.2, -0.15) is 13.2 Å². The molecule has 0 atom stereocenters. The van der Waals surface area contributed by atoms with Crippen LogP contribution in [0.25, 0.3) is 0 Å². The van der Waals surface area contributed by atoms with Gasteiger partial charge in [0.1, 0.15) is 11.6 Å². The Hall–Kier alpha value is -1.50. The van der Waals surface area contributed by atoms with E-state index in [9.17, 15) is 22.8 Å². The van der Waals surface area contributed by atoms with E-state index in [1.54, 1.807) is 0 Å². The van der Waals surface area contributed by atoms with Gasteiger partial charge in [-0.25, -0.2) is 0 Å². The molecule has 4 nitrogen and oxygen atoms in total. The maximum absolute atomic E-state index is 12.3. The number of halogens is 4. The SMILES string of the molecule is O=C(O)Cn1cc(C(F)(F)F)cc(Cl)c1=O. The summed E-state index contributed by atoms with van der Waals surface area (Å²) in [7, 11) is 0. The molecule has 8 heteroatoms. The maximum atomic E-state index is 12.3. The van der Waals surface area contributed by atoms with E-state index in [2.05, 4.69) is 0 Å². The highest BCUT2D eigenvalue weighted by atomic mass is 35.5. The summed E-state index contributed by atoms with van der Waals surface area (Å²) in [5.41, 5.74) is -2.14. The van der Waals surface area contributed by atoms with Crippen molar-refractivity contribution >= 4 is 17.6 Å². The van der Waals surface area contributed by atoms with E-state index >= 15 is 0 Å². The van der Waals surface area contributed by atoms with Gasteiger partial charge < -0.3 is 9.67 Å². The molecule has 16 heavy (non-hydrogen) atoms. The monoisotopic (exact) mass is 255 g/mol. The van der Waals surface area contributed by atoms with E-state index in [1.165, 1.54) is 0 Å². The average molecular weight is 256 g/mol. The molecule has 0 saturated heterocycles. The lowest BCUT2D eigenvalue weighted by atomic mass is 10.2. The van der Waals surface area contributed by atoms with E-state index in [4.69, 9.17) is 16.7 Å². The van der Waals surface area contributed by atoms with Crippen LogP contribution in [0.3, 0.4) is 0 Å². The van der Waals surface area contributed by atoms with Crippen molar-refractivity contribution in [2.24, 2.45) is 0 Å². The molecule has 0 unspecified atom stereocenters. The Morgan fingerprint density at radius 3 is 2.50 bits per heavy atom. The van der Waals surface area contributed by atoms with Crippen molar-refractivity contribution in [3.63, 3.8) is 0 Å². The van der Waals surface area contributed by atoms with Crippen molar-refractivity contribution < 1.29 is 23.1 Å². The third-order valence-electron chi connectivity index (χ3n) is 1.68. The quantitative estimate of drug-likeness (QED) is 0.873. The number of carboxylic acids is 1. The molecule has 1 rings (SSSR count). The van der Waals surface area contributed by atoms with E-state index in [0.29, 0.717) is 16.8 Å². The van der Waals surface area contributed by atoms with Crippen molar-refractivity contribution in [2.45, 2.75) is 12.7 Å². The fraction of sp³-hybridized carbons (Fsp3) is 0.250. The molecule has 0 aliphatic heterocycles. The summed E-state index contributed by atoms with van der Waals surface area (Å²) in [4.78, 5) is 21.5. The normalized spacial score (nSPS) is 11.5. The predicted octanol–water partition coefficient (Wildman–Crippen LogP) is 1.61. The van der Waals surface area contributed by atoms with E-state index in [1.807, 2.05) is 0 Å². The van der Waals surface area contributed by atoms with Crippen molar-refractivity contribution in [1.29, 1.82) is 0 Å². The summed E-state index contributed by atoms with van der Waals surface area (Å²) in [5, 5.41) is 7.72. The smallest absolute Gasteiger partial charge is 0.417 e. The minimum absolute atomic E-state index is 0.396. The lowest BCUT2D eigenvalue weighted by molar-refractivity contribution is -0.140. The second-order valence-corrected chi connectivity index (χ2v) is 3.31. The Morgan fingerprint density at radius 2 is 2.06 bits per heavy atom. The number of carbonyl (C=O) groups is 1. The molecule has 0 fully saturated rings. The molecular formula is C8H5ClF3NO3. The van der Waals surface area contributed by atoms with Crippen LogP contribution in [0, 0.1) is 0 Å². The van der Waals surface area contributed by atoms with Gasteiger partial charge in [-0.3, -0.25) is 9.59 Å². The maximum Gasteiger partial charge on any atom is 0.417 e. The Morgan fingerprint density at radius 1 is 1.50 bits per heavy atom. The lowest BCUT2D eigenvalue weighted by Gasteiger charge is -2.10. The van der Waals surface area contributed by atoms with Gasteiger partial charge in [-0.05, 0) is 6.07 Å². The van der Waals surface area contributed by atoms with Crippen molar-refractivity contribution in [1.82, 2.24) is 4.57 Å². The van der Waals surface area contributed by atoms with Crippen LogP contribution in [-0.4, -0.2) is 15.6 Å². The summed E-state index contributed by atoms with van der Waals surface area (Å²) in [6.07, 6.45) is -4.26. The van der Waals surface area contributed by atoms with Gasteiger partial charge in [0.2, 0.25) is 0 Å². The fourth-order valence-corrected chi connectivity index (χ4v) is 1.24. The Labute approximate surface area is 91.9 Å². The van der Waals surface area contributed by atoms with Crippen LogP contribution in [0.5, 0.6) is 0 Å². The van der Waals surface area contributed by atoms with Crippen molar-refractivity contribution in [3.05, 3.63) is 33.2 Å². The Bertz CT molecular complexity index is 480. The van der Waals surface area contributed by atoms with Gasteiger partial charge in [0.05, 0.1) is 5.56 Å². The molecule has 0 amide bonds. The highest BCUT2D eigenvalue weighted by Gasteiger charge is 2.32.